The Labute approximate surface area is 202 Å². The van der Waals surface area contributed by atoms with Gasteiger partial charge in [-0.2, -0.15) is 0 Å². The fraction of sp³-hybridized carbons (Fsp3) is 0.500. The topological polar surface area (TPSA) is 46.5 Å². The van der Waals surface area contributed by atoms with Gasteiger partial charge in [-0.25, -0.2) is 0 Å². The number of halogens is 2. The maximum Gasteiger partial charge on any atom is 0.139 e. The van der Waals surface area contributed by atoms with Crippen LogP contribution in [0.1, 0.15) is 61.1 Å². The average molecular weight is 551 g/mol. The summed E-state index contributed by atoms with van der Waals surface area (Å²) in [5.41, 5.74) is 3.41. The lowest BCUT2D eigenvalue weighted by Gasteiger charge is -2.52. The number of hydrogen-bond acceptors (Lipinski definition) is 3. The highest BCUT2D eigenvalue weighted by Gasteiger charge is 2.58. The molecule has 0 amide bonds. The van der Waals surface area contributed by atoms with Crippen LogP contribution in [0.3, 0.4) is 0 Å². The van der Waals surface area contributed by atoms with Gasteiger partial charge in [0, 0.05) is 16.3 Å². The van der Waals surface area contributed by atoms with Crippen molar-refractivity contribution in [2.45, 2.75) is 50.9 Å². The molecule has 164 valence electrons. The van der Waals surface area contributed by atoms with E-state index in [1.807, 2.05) is 0 Å². The van der Waals surface area contributed by atoms with E-state index in [-0.39, 0.29) is 17.1 Å². The van der Waals surface area contributed by atoms with Crippen molar-refractivity contribution >= 4 is 40.0 Å². The first-order chi connectivity index (χ1) is 14.9. The molecule has 2 fully saturated rings. The first kappa shape index (κ1) is 21.6. The SMILES string of the molecule is C[C@]12C[C@H](c3ccc(OCCI)cc3)[C@@H]3c4ccc(O)c(Cl)c4CC[C@H]3[C@@H]1CCC2=O. The number of Topliss-reactive ketones (excluding diaryl/α,β-unsaturated/α-hetero) is 1. The summed E-state index contributed by atoms with van der Waals surface area (Å²) in [5.74, 6) is 3.00. The van der Waals surface area contributed by atoms with Crippen LogP contribution in [0, 0.1) is 17.3 Å². The molecular weight excluding hydrogens is 523 g/mol. The average Bonchev–Trinajstić information content (AvgIpc) is 3.08. The van der Waals surface area contributed by atoms with Crippen LogP contribution < -0.4 is 4.74 Å². The Morgan fingerprint density at radius 1 is 1.16 bits per heavy atom. The lowest BCUT2D eigenvalue weighted by molar-refractivity contribution is -0.130. The Balaban J connectivity index is 1.59. The minimum absolute atomic E-state index is 0.170. The first-order valence-corrected chi connectivity index (χ1v) is 13.2. The molecule has 3 nitrogen and oxygen atoms in total. The van der Waals surface area contributed by atoms with Gasteiger partial charge in [0.15, 0.2) is 0 Å². The number of ketones is 1. The van der Waals surface area contributed by atoms with E-state index in [0.717, 1.165) is 41.4 Å². The molecule has 0 bridgehead atoms. The molecule has 2 saturated carbocycles. The molecular formula is C26H28ClIO3. The van der Waals surface area contributed by atoms with E-state index >= 15 is 0 Å². The van der Waals surface area contributed by atoms with Crippen molar-refractivity contribution in [3.8, 4) is 11.5 Å². The summed E-state index contributed by atoms with van der Waals surface area (Å²) < 4.78 is 6.75. The van der Waals surface area contributed by atoms with Gasteiger partial charge in [0.05, 0.1) is 11.6 Å². The molecule has 0 saturated heterocycles. The molecule has 0 heterocycles. The van der Waals surface area contributed by atoms with Crippen LogP contribution in [0.2, 0.25) is 5.02 Å². The molecule has 2 aromatic carbocycles. The maximum absolute atomic E-state index is 13.0. The minimum Gasteiger partial charge on any atom is -0.506 e. The zero-order valence-corrected chi connectivity index (χ0v) is 20.7. The van der Waals surface area contributed by atoms with Crippen LogP contribution in [-0.2, 0) is 11.2 Å². The highest BCUT2D eigenvalue weighted by Crippen LogP contribution is 2.64. The standard InChI is InChI=1S/C26H28ClIO3/c1-26-14-20(15-2-4-16(5-3-15)31-13-12-28)24-17-8-10-22(29)25(27)18(17)6-7-19(24)21(26)9-11-23(26)30/h2-5,8,10,19-21,24,29H,6-7,9,11-14H2,1H3/t19-,20+,21-,24+,26-/m0/s1. The third kappa shape index (κ3) is 3.49. The summed E-state index contributed by atoms with van der Waals surface area (Å²) >= 11 is 8.86. The maximum atomic E-state index is 13.0. The van der Waals surface area contributed by atoms with E-state index in [2.05, 4.69) is 59.8 Å². The van der Waals surface area contributed by atoms with Crippen LogP contribution in [0.25, 0.3) is 0 Å². The third-order valence-electron chi connectivity index (χ3n) is 8.19. The molecule has 3 aliphatic rings. The van der Waals surface area contributed by atoms with Crippen LogP contribution in [0.4, 0.5) is 0 Å². The summed E-state index contributed by atoms with van der Waals surface area (Å²) in [4.78, 5) is 13.0. The molecule has 2 aromatic rings. The number of phenols is 1. The Morgan fingerprint density at radius 2 is 1.94 bits per heavy atom. The summed E-state index contributed by atoms with van der Waals surface area (Å²) in [7, 11) is 0. The molecule has 3 aliphatic carbocycles. The number of hydrogen-bond donors (Lipinski definition) is 1. The van der Waals surface area contributed by atoms with E-state index in [1.165, 1.54) is 11.1 Å². The fourth-order valence-electron chi connectivity index (χ4n) is 6.80. The zero-order chi connectivity index (χ0) is 21.8. The first-order valence-electron chi connectivity index (χ1n) is 11.3. The van der Waals surface area contributed by atoms with E-state index in [4.69, 9.17) is 16.3 Å². The zero-order valence-electron chi connectivity index (χ0n) is 17.7. The van der Waals surface area contributed by atoms with Gasteiger partial charge in [-0.15, -0.1) is 0 Å². The molecule has 0 radical (unpaired) electrons. The lowest BCUT2D eigenvalue weighted by atomic mass is 9.51. The van der Waals surface area contributed by atoms with Crippen LogP contribution >= 0.6 is 34.2 Å². The molecule has 31 heavy (non-hydrogen) atoms. The number of fused-ring (bicyclic) bond motifs is 5. The second kappa shape index (κ2) is 8.26. The Bertz CT molecular complexity index is 1000. The Morgan fingerprint density at radius 3 is 2.68 bits per heavy atom. The van der Waals surface area contributed by atoms with Crippen molar-refractivity contribution in [3.63, 3.8) is 0 Å². The quantitative estimate of drug-likeness (QED) is 0.341. The van der Waals surface area contributed by atoms with E-state index in [9.17, 15) is 9.90 Å². The van der Waals surface area contributed by atoms with E-state index in [0.29, 0.717) is 41.6 Å². The Kier molecular flexibility index (Phi) is 5.74. The molecule has 5 rings (SSSR count). The van der Waals surface area contributed by atoms with Gasteiger partial charge in [-0.1, -0.05) is 59.3 Å². The Hall–Kier alpha value is -1.27. The summed E-state index contributed by atoms with van der Waals surface area (Å²) in [5, 5.41) is 10.7. The van der Waals surface area contributed by atoms with Crippen molar-refractivity contribution in [3.05, 3.63) is 58.1 Å². The molecule has 0 aliphatic heterocycles. The van der Waals surface area contributed by atoms with E-state index < -0.39 is 0 Å². The number of aromatic hydroxyl groups is 1. The van der Waals surface area contributed by atoms with Crippen molar-refractivity contribution in [2.75, 3.05) is 11.0 Å². The van der Waals surface area contributed by atoms with Crippen LogP contribution in [-0.4, -0.2) is 21.9 Å². The van der Waals surface area contributed by atoms with Gasteiger partial charge in [-0.05, 0) is 84.2 Å². The summed E-state index contributed by atoms with van der Waals surface area (Å²) in [6.45, 7) is 2.92. The van der Waals surface area contributed by atoms with Gasteiger partial charge in [0.2, 0.25) is 0 Å². The van der Waals surface area contributed by atoms with Crippen LogP contribution in [0.5, 0.6) is 11.5 Å². The minimum atomic E-state index is -0.236. The molecule has 0 unspecified atom stereocenters. The van der Waals surface area contributed by atoms with Gasteiger partial charge in [-0.3, -0.25) is 4.79 Å². The summed E-state index contributed by atoms with van der Waals surface area (Å²) in [6.07, 6.45) is 4.50. The largest absolute Gasteiger partial charge is 0.506 e. The predicted octanol–water partition coefficient (Wildman–Crippen LogP) is 6.68. The van der Waals surface area contributed by atoms with Gasteiger partial charge >= 0.3 is 0 Å². The predicted molar refractivity (Wildman–Crippen MR) is 132 cm³/mol. The lowest BCUT2D eigenvalue weighted by Crippen LogP contribution is -2.46. The van der Waals surface area contributed by atoms with Gasteiger partial charge in [0.25, 0.3) is 0 Å². The van der Waals surface area contributed by atoms with Gasteiger partial charge < -0.3 is 9.84 Å². The normalized spacial score (nSPS) is 31.6. The number of ether oxygens (including phenoxy) is 1. The second-order valence-corrected chi connectivity index (χ2v) is 11.1. The number of phenolic OH excluding ortho intramolecular Hbond substituents is 1. The molecule has 0 aromatic heterocycles. The van der Waals surface area contributed by atoms with Crippen molar-refractivity contribution in [1.82, 2.24) is 0 Å². The van der Waals surface area contributed by atoms with Crippen molar-refractivity contribution in [1.29, 1.82) is 0 Å². The number of benzene rings is 2. The third-order valence-corrected chi connectivity index (χ3v) is 9.06. The molecule has 5 heteroatoms. The number of carbonyl (C=O) groups is 1. The molecule has 1 N–H and O–H groups in total. The van der Waals surface area contributed by atoms with Gasteiger partial charge in [0.1, 0.15) is 17.3 Å². The number of rotatable bonds is 4. The molecule has 5 atom stereocenters. The summed E-state index contributed by atoms with van der Waals surface area (Å²) in [6, 6.07) is 12.3. The highest BCUT2D eigenvalue weighted by atomic mass is 127. The monoisotopic (exact) mass is 550 g/mol. The molecule has 0 spiro atoms. The highest BCUT2D eigenvalue weighted by molar-refractivity contribution is 14.1. The van der Waals surface area contributed by atoms with Crippen LogP contribution in [0.15, 0.2) is 36.4 Å². The number of alkyl halides is 1. The van der Waals surface area contributed by atoms with Crippen molar-refractivity contribution in [2.24, 2.45) is 17.3 Å². The fourth-order valence-corrected chi connectivity index (χ4v) is 7.29. The van der Waals surface area contributed by atoms with E-state index in [1.54, 1.807) is 6.07 Å². The smallest absolute Gasteiger partial charge is 0.139 e. The van der Waals surface area contributed by atoms with Crippen molar-refractivity contribution < 1.29 is 14.6 Å². The number of carbonyl (C=O) groups excluding carboxylic acids is 1. The second-order valence-electron chi connectivity index (χ2n) is 9.60.